The largest absolute Gasteiger partial charge is 0.466 e. The molecule has 0 N–H and O–H groups in total. The van der Waals surface area contributed by atoms with Crippen molar-refractivity contribution in [3.8, 4) is 0 Å². The fourth-order valence-corrected chi connectivity index (χ4v) is 5.97. The van der Waals surface area contributed by atoms with Crippen LogP contribution < -0.4 is 0 Å². The molecule has 0 radical (unpaired) electrons. The van der Waals surface area contributed by atoms with Crippen molar-refractivity contribution in [2.45, 2.75) is 23.4 Å². The third-order valence-electron chi connectivity index (χ3n) is 5.44. The van der Waals surface area contributed by atoms with E-state index >= 15 is 0 Å². The molecule has 3 unspecified atom stereocenters. The number of methoxy groups -OCH3 is 1. The molecule has 0 aromatic heterocycles. The van der Waals surface area contributed by atoms with E-state index < -0.39 is 23.0 Å². The SMILES string of the molecule is COC(=O)C1=CCC(c2cccc(Cl)c2)N(S(=O)c2ccc(Cl)cc2)C1c1cccc(Cl)c1. The average Bonchev–Trinajstić information content (AvgIpc) is 2.82. The fourth-order valence-electron chi connectivity index (χ4n) is 3.97. The molecule has 0 aliphatic carbocycles. The van der Waals surface area contributed by atoms with Gasteiger partial charge in [-0.25, -0.2) is 13.3 Å². The second-order valence-corrected chi connectivity index (χ2v) is 10.2. The van der Waals surface area contributed by atoms with E-state index in [0.717, 1.165) is 11.1 Å². The van der Waals surface area contributed by atoms with Gasteiger partial charge in [0, 0.05) is 15.1 Å². The summed E-state index contributed by atoms with van der Waals surface area (Å²) in [5.74, 6) is -0.484. The van der Waals surface area contributed by atoms with Crippen molar-refractivity contribution < 1.29 is 13.7 Å². The summed E-state index contributed by atoms with van der Waals surface area (Å²) in [6.07, 6.45) is 2.29. The summed E-state index contributed by atoms with van der Waals surface area (Å²) in [6.45, 7) is 0. The first-order valence-corrected chi connectivity index (χ1v) is 12.4. The monoisotopic (exact) mass is 519 g/mol. The minimum atomic E-state index is -1.65. The Labute approximate surface area is 210 Å². The van der Waals surface area contributed by atoms with Gasteiger partial charge >= 0.3 is 5.97 Å². The number of benzene rings is 3. The van der Waals surface area contributed by atoms with Gasteiger partial charge in [-0.1, -0.05) is 65.1 Å². The highest BCUT2D eigenvalue weighted by molar-refractivity contribution is 7.82. The molecule has 1 aliphatic rings. The molecule has 4 rings (SSSR count). The van der Waals surface area contributed by atoms with E-state index in [2.05, 4.69) is 0 Å². The highest BCUT2D eigenvalue weighted by Crippen LogP contribution is 2.45. The summed E-state index contributed by atoms with van der Waals surface area (Å²) in [7, 11) is -0.317. The molecule has 8 heteroatoms. The van der Waals surface area contributed by atoms with E-state index in [1.165, 1.54) is 7.11 Å². The van der Waals surface area contributed by atoms with Gasteiger partial charge < -0.3 is 4.74 Å². The third-order valence-corrected chi connectivity index (χ3v) is 7.69. The van der Waals surface area contributed by atoms with Crippen molar-refractivity contribution in [3.63, 3.8) is 0 Å². The summed E-state index contributed by atoms with van der Waals surface area (Å²) < 4.78 is 20.9. The molecule has 3 atom stereocenters. The maximum atomic E-state index is 14.1. The highest BCUT2D eigenvalue weighted by Gasteiger charge is 2.41. The summed E-state index contributed by atoms with van der Waals surface area (Å²) >= 11 is 18.6. The van der Waals surface area contributed by atoms with Gasteiger partial charge in [0.2, 0.25) is 0 Å². The normalized spacial score (nSPS) is 19.6. The predicted octanol–water partition coefficient (Wildman–Crippen LogP) is 6.96. The number of esters is 1. The van der Waals surface area contributed by atoms with Crippen molar-refractivity contribution in [3.05, 3.63) is 111 Å². The molecule has 0 spiro atoms. The van der Waals surface area contributed by atoms with Crippen LogP contribution >= 0.6 is 34.8 Å². The zero-order valence-corrected chi connectivity index (χ0v) is 20.7. The van der Waals surface area contributed by atoms with Crippen LogP contribution in [0.1, 0.15) is 29.6 Å². The van der Waals surface area contributed by atoms with E-state index in [4.69, 9.17) is 39.5 Å². The van der Waals surface area contributed by atoms with Crippen molar-refractivity contribution in [1.29, 1.82) is 0 Å². The van der Waals surface area contributed by atoms with Gasteiger partial charge in [-0.3, -0.25) is 0 Å². The number of rotatable bonds is 5. The van der Waals surface area contributed by atoms with E-state index in [-0.39, 0.29) is 6.04 Å². The first kappa shape index (κ1) is 24.0. The molecule has 1 aliphatic heterocycles. The molecule has 1 heterocycles. The first-order chi connectivity index (χ1) is 15.9. The molecule has 0 fully saturated rings. The number of halogens is 3. The van der Waals surface area contributed by atoms with Crippen LogP contribution in [-0.2, 0) is 20.5 Å². The highest BCUT2D eigenvalue weighted by atomic mass is 35.5. The van der Waals surface area contributed by atoms with Crippen LogP contribution in [0.4, 0.5) is 0 Å². The van der Waals surface area contributed by atoms with E-state index in [0.29, 0.717) is 32.0 Å². The smallest absolute Gasteiger partial charge is 0.335 e. The molecular weight excluding hydrogens is 501 g/mol. The number of hydrogen-bond donors (Lipinski definition) is 0. The maximum Gasteiger partial charge on any atom is 0.335 e. The van der Waals surface area contributed by atoms with Crippen LogP contribution in [-0.4, -0.2) is 21.6 Å². The number of carbonyl (C=O) groups is 1. The lowest BCUT2D eigenvalue weighted by molar-refractivity contribution is -0.137. The van der Waals surface area contributed by atoms with Gasteiger partial charge in [0.15, 0.2) is 0 Å². The van der Waals surface area contributed by atoms with Crippen LogP contribution in [0.15, 0.2) is 89.3 Å². The third kappa shape index (κ3) is 5.18. The Morgan fingerprint density at radius 3 is 2.12 bits per heavy atom. The molecule has 4 nitrogen and oxygen atoms in total. The maximum absolute atomic E-state index is 14.1. The van der Waals surface area contributed by atoms with Gasteiger partial charge in [-0.15, -0.1) is 0 Å². The zero-order valence-electron chi connectivity index (χ0n) is 17.6. The van der Waals surface area contributed by atoms with Crippen molar-refractivity contribution >= 4 is 51.8 Å². The Kier molecular flexibility index (Phi) is 7.57. The molecular formula is C25H20Cl3NO3S. The van der Waals surface area contributed by atoms with Gasteiger partial charge in [0.1, 0.15) is 11.0 Å². The van der Waals surface area contributed by atoms with Gasteiger partial charge in [0.25, 0.3) is 0 Å². The van der Waals surface area contributed by atoms with Gasteiger partial charge in [-0.05, 0) is 66.1 Å². The van der Waals surface area contributed by atoms with E-state index in [1.54, 1.807) is 48.5 Å². The predicted molar refractivity (Wildman–Crippen MR) is 133 cm³/mol. The Bertz CT molecular complexity index is 1230. The molecule has 0 saturated heterocycles. The first-order valence-electron chi connectivity index (χ1n) is 10.1. The number of ether oxygens (including phenoxy) is 1. The number of hydrogen-bond acceptors (Lipinski definition) is 3. The molecule has 3 aromatic carbocycles. The summed E-state index contributed by atoms with van der Waals surface area (Å²) in [5, 5.41) is 1.63. The van der Waals surface area contributed by atoms with Crippen LogP contribution in [0.25, 0.3) is 0 Å². The molecule has 0 bridgehead atoms. The molecule has 33 heavy (non-hydrogen) atoms. The molecule has 0 saturated carbocycles. The average molecular weight is 521 g/mol. The minimum absolute atomic E-state index is 0.322. The van der Waals surface area contributed by atoms with Crippen molar-refractivity contribution in [1.82, 2.24) is 4.31 Å². The Balaban J connectivity index is 1.92. The zero-order chi connectivity index (χ0) is 23.5. The second kappa shape index (κ2) is 10.4. The lowest BCUT2D eigenvalue weighted by Gasteiger charge is -2.40. The summed E-state index contributed by atoms with van der Waals surface area (Å²) in [6, 6.07) is 20.5. The Morgan fingerprint density at radius 2 is 1.52 bits per heavy atom. The standard InChI is InChI=1S/C25H20Cl3NO3S/c1-32-25(30)22-12-13-23(16-4-2-6-19(27)14-16)29(24(22)17-5-3-7-20(28)15-17)33(31)21-10-8-18(26)9-11-21/h2-12,14-15,23-24H,13H2,1H3. The van der Waals surface area contributed by atoms with E-state index in [9.17, 15) is 9.00 Å². The van der Waals surface area contributed by atoms with Crippen LogP contribution in [0.3, 0.4) is 0 Å². The van der Waals surface area contributed by atoms with E-state index in [1.807, 2.05) is 34.6 Å². The van der Waals surface area contributed by atoms with Crippen LogP contribution in [0, 0.1) is 0 Å². The Morgan fingerprint density at radius 1 is 0.909 bits per heavy atom. The van der Waals surface area contributed by atoms with Gasteiger partial charge in [-0.2, -0.15) is 0 Å². The summed E-state index contributed by atoms with van der Waals surface area (Å²) in [5.41, 5.74) is 2.02. The van der Waals surface area contributed by atoms with Crippen LogP contribution in [0.2, 0.25) is 15.1 Å². The van der Waals surface area contributed by atoms with Gasteiger partial charge in [0.05, 0.1) is 29.7 Å². The number of carbonyl (C=O) groups excluding carboxylic acids is 1. The topological polar surface area (TPSA) is 46.6 Å². The Hall–Kier alpha value is -2.15. The minimum Gasteiger partial charge on any atom is -0.466 e. The second-order valence-electron chi connectivity index (χ2n) is 7.48. The summed E-state index contributed by atoms with van der Waals surface area (Å²) in [4.78, 5) is 13.4. The van der Waals surface area contributed by atoms with Crippen molar-refractivity contribution in [2.75, 3.05) is 7.11 Å². The number of nitrogens with zero attached hydrogens (tertiary/aromatic N) is 1. The van der Waals surface area contributed by atoms with Crippen LogP contribution in [0.5, 0.6) is 0 Å². The fraction of sp³-hybridized carbons (Fsp3) is 0.160. The molecule has 3 aromatic rings. The quantitative estimate of drug-likeness (QED) is 0.342. The van der Waals surface area contributed by atoms with Crippen molar-refractivity contribution in [2.24, 2.45) is 0 Å². The lowest BCUT2D eigenvalue weighted by Crippen LogP contribution is -2.40. The lowest BCUT2D eigenvalue weighted by atomic mass is 9.89. The molecule has 170 valence electrons. The molecule has 0 amide bonds.